The smallest absolute Gasteiger partial charge is 0.279 e. The van der Waals surface area contributed by atoms with Crippen LogP contribution in [0.2, 0.25) is 0 Å². The zero-order chi connectivity index (χ0) is 18.7. The molecule has 0 bridgehead atoms. The lowest BCUT2D eigenvalue weighted by molar-refractivity contribution is 0.0998. The molecule has 0 saturated carbocycles. The van der Waals surface area contributed by atoms with Gasteiger partial charge in [0.15, 0.2) is 4.80 Å². The molecule has 0 saturated heterocycles. The van der Waals surface area contributed by atoms with Gasteiger partial charge in [-0.05, 0) is 67.8 Å². The number of nitrogens with zero attached hydrogens (tertiary/aromatic N) is 2. The first kappa shape index (κ1) is 19.3. The number of thiazole rings is 1. The van der Waals surface area contributed by atoms with E-state index < -0.39 is 0 Å². The Balaban J connectivity index is 2.10. The Morgan fingerprint density at radius 1 is 1.15 bits per heavy atom. The minimum atomic E-state index is -0.184. The average Bonchev–Trinajstić information content (AvgIpc) is 2.97. The summed E-state index contributed by atoms with van der Waals surface area (Å²) in [5, 5.41) is 0. The number of carbonyl (C=O) groups excluding carboxylic acids is 1. The monoisotopic (exact) mass is 402 g/mol. The Hall–Kier alpha value is -1.50. The zero-order valence-corrected chi connectivity index (χ0v) is 17.9. The Labute approximate surface area is 166 Å². The quantitative estimate of drug-likeness (QED) is 0.554. The number of aromatic nitrogens is 1. The van der Waals surface area contributed by atoms with E-state index in [-0.39, 0.29) is 5.91 Å². The van der Waals surface area contributed by atoms with Crippen LogP contribution in [-0.4, -0.2) is 28.7 Å². The number of benzene rings is 2. The molecule has 1 aromatic heterocycles. The highest BCUT2D eigenvalue weighted by molar-refractivity contribution is 7.98. The van der Waals surface area contributed by atoms with Crippen molar-refractivity contribution >= 4 is 51.0 Å². The Morgan fingerprint density at radius 2 is 1.88 bits per heavy atom. The summed E-state index contributed by atoms with van der Waals surface area (Å²) in [7, 11) is 0. The molecule has 0 unspecified atom stereocenters. The summed E-state index contributed by atoms with van der Waals surface area (Å²) in [6.07, 6.45) is 4.12. The van der Waals surface area contributed by atoms with Crippen LogP contribution in [0.4, 0.5) is 0 Å². The maximum Gasteiger partial charge on any atom is 0.279 e. The maximum atomic E-state index is 12.7. The van der Waals surface area contributed by atoms with E-state index in [1.54, 1.807) is 34.9 Å². The molecular formula is C20H22N2OS3. The van der Waals surface area contributed by atoms with Crippen LogP contribution in [0.15, 0.2) is 46.3 Å². The van der Waals surface area contributed by atoms with Gasteiger partial charge in [0.25, 0.3) is 5.91 Å². The molecule has 0 aliphatic heterocycles. The molecule has 0 N–H and O–H groups in total. The molecule has 3 aromatic rings. The third kappa shape index (κ3) is 4.08. The largest absolute Gasteiger partial charge is 0.315 e. The van der Waals surface area contributed by atoms with E-state index in [2.05, 4.69) is 41.8 Å². The highest BCUT2D eigenvalue weighted by Crippen LogP contribution is 2.24. The summed E-state index contributed by atoms with van der Waals surface area (Å²) in [5.74, 6) is 0.805. The molecular weight excluding hydrogens is 380 g/mol. The molecule has 1 amide bonds. The number of hydrogen-bond acceptors (Lipinski definition) is 4. The molecule has 6 heteroatoms. The summed E-state index contributed by atoms with van der Waals surface area (Å²) in [5.41, 5.74) is 4.27. The molecule has 1 heterocycles. The van der Waals surface area contributed by atoms with Gasteiger partial charge in [0.1, 0.15) is 0 Å². The predicted octanol–water partition coefficient (Wildman–Crippen LogP) is 5.15. The summed E-state index contributed by atoms with van der Waals surface area (Å²) >= 11 is 5.07. The average molecular weight is 403 g/mol. The van der Waals surface area contributed by atoms with Gasteiger partial charge in [-0.2, -0.15) is 16.8 Å². The van der Waals surface area contributed by atoms with E-state index in [1.165, 1.54) is 21.3 Å². The second-order valence-electron chi connectivity index (χ2n) is 6.10. The highest BCUT2D eigenvalue weighted by Gasteiger charge is 2.11. The first-order chi connectivity index (χ1) is 12.5. The Kier molecular flexibility index (Phi) is 6.27. The lowest BCUT2D eigenvalue weighted by Gasteiger charge is -2.05. The van der Waals surface area contributed by atoms with Gasteiger partial charge in [-0.15, -0.1) is 11.8 Å². The van der Waals surface area contributed by atoms with Crippen LogP contribution in [0.5, 0.6) is 0 Å². The summed E-state index contributed by atoms with van der Waals surface area (Å²) < 4.78 is 3.39. The van der Waals surface area contributed by atoms with Crippen molar-refractivity contribution in [2.75, 3.05) is 18.3 Å². The topological polar surface area (TPSA) is 34.4 Å². The predicted molar refractivity (Wildman–Crippen MR) is 116 cm³/mol. The highest BCUT2D eigenvalue weighted by atomic mass is 32.2. The van der Waals surface area contributed by atoms with Crippen molar-refractivity contribution in [1.82, 2.24) is 4.57 Å². The van der Waals surface area contributed by atoms with E-state index in [0.29, 0.717) is 5.56 Å². The normalized spacial score (nSPS) is 12.1. The van der Waals surface area contributed by atoms with Gasteiger partial charge in [-0.25, -0.2) is 0 Å². The van der Waals surface area contributed by atoms with Gasteiger partial charge < -0.3 is 4.57 Å². The number of rotatable bonds is 5. The van der Waals surface area contributed by atoms with Crippen LogP contribution in [-0.2, 0) is 6.54 Å². The Bertz CT molecular complexity index is 1000. The molecule has 2 aromatic carbocycles. The number of thioether (sulfide) groups is 2. The third-order valence-corrected chi connectivity index (χ3v) is 6.73. The molecule has 26 heavy (non-hydrogen) atoms. The number of aryl methyl sites for hydroxylation is 3. The van der Waals surface area contributed by atoms with Crippen molar-refractivity contribution in [3.63, 3.8) is 0 Å². The van der Waals surface area contributed by atoms with Gasteiger partial charge in [-0.1, -0.05) is 17.4 Å². The van der Waals surface area contributed by atoms with Crippen LogP contribution in [0, 0.1) is 13.8 Å². The number of carbonyl (C=O) groups is 1. The second-order valence-corrected chi connectivity index (χ2v) is 8.95. The van der Waals surface area contributed by atoms with Crippen molar-refractivity contribution in [3.05, 3.63) is 57.9 Å². The summed E-state index contributed by atoms with van der Waals surface area (Å²) in [6, 6.07) is 12.0. The first-order valence-electron chi connectivity index (χ1n) is 8.36. The van der Waals surface area contributed by atoms with Crippen molar-refractivity contribution in [1.29, 1.82) is 0 Å². The van der Waals surface area contributed by atoms with Crippen LogP contribution in [0.25, 0.3) is 10.2 Å². The molecule has 0 fully saturated rings. The van der Waals surface area contributed by atoms with E-state index in [4.69, 9.17) is 0 Å². The van der Waals surface area contributed by atoms with Crippen molar-refractivity contribution in [2.24, 2.45) is 4.99 Å². The lowest BCUT2D eigenvalue weighted by atomic mass is 10.1. The summed E-state index contributed by atoms with van der Waals surface area (Å²) in [4.78, 5) is 19.1. The van der Waals surface area contributed by atoms with Crippen molar-refractivity contribution in [2.45, 2.75) is 25.3 Å². The molecule has 3 rings (SSSR count). The number of amides is 1. The summed E-state index contributed by atoms with van der Waals surface area (Å²) in [6.45, 7) is 5.08. The minimum Gasteiger partial charge on any atom is -0.315 e. The molecule has 0 aliphatic carbocycles. The fourth-order valence-corrected chi connectivity index (χ4v) is 4.76. The van der Waals surface area contributed by atoms with Gasteiger partial charge in [0.05, 0.1) is 10.2 Å². The van der Waals surface area contributed by atoms with Gasteiger partial charge in [0, 0.05) is 22.8 Å². The number of fused-ring (bicyclic) bond motifs is 1. The van der Waals surface area contributed by atoms with Crippen molar-refractivity contribution < 1.29 is 4.79 Å². The van der Waals surface area contributed by atoms with E-state index >= 15 is 0 Å². The van der Waals surface area contributed by atoms with Gasteiger partial charge >= 0.3 is 0 Å². The van der Waals surface area contributed by atoms with Gasteiger partial charge in [-0.3, -0.25) is 4.79 Å². The SMILES string of the molecule is CSCCn1c(=NC(=O)c2ccc(SC)cc2)sc2c(C)cc(C)cc21. The molecule has 3 nitrogen and oxygen atoms in total. The van der Waals surface area contributed by atoms with Crippen LogP contribution in [0.1, 0.15) is 21.5 Å². The first-order valence-corrected chi connectivity index (χ1v) is 11.8. The fraction of sp³-hybridized carbons (Fsp3) is 0.300. The number of hydrogen-bond donors (Lipinski definition) is 0. The Morgan fingerprint density at radius 3 is 2.54 bits per heavy atom. The molecule has 0 atom stereocenters. The van der Waals surface area contributed by atoms with Gasteiger partial charge in [0.2, 0.25) is 0 Å². The molecule has 0 spiro atoms. The van der Waals surface area contributed by atoms with Crippen LogP contribution < -0.4 is 4.80 Å². The van der Waals surface area contributed by atoms with Crippen molar-refractivity contribution in [3.8, 4) is 0 Å². The van der Waals surface area contributed by atoms with E-state index in [9.17, 15) is 4.79 Å². The zero-order valence-electron chi connectivity index (χ0n) is 15.4. The fourth-order valence-electron chi connectivity index (χ4n) is 2.88. The maximum absolute atomic E-state index is 12.7. The van der Waals surface area contributed by atoms with E-state index in [1.807, 2.05) is 30.5 Å². The standard InChI is InChI=1S/C20H22N2OS3/c1-13-11-14(2)18-17(12-13)22(9-10-24-3)20(26-18)21-19(23)15-5-7-16(25-4)8-6-15/h5-8,11-12H,9-10H2,1-4H3. The second kappa shape index (κ2) is 8.46. The third-order valence-electron chi connectivity index (χ3n) is 4.17. The molecule has 136 valence electrons. The molecule has 0 radical (unpaired) electrons. The molecule has 0 aliphatic rings. The lowest BCUT2D eigenvalue weighted by Crippen LogP contribution is -2.18. The van der Waals surface area contributed by atoms with Crippen LogP contribution in [0.3, 0.4) is 0 Å². The van der Waals surface area contributed by atoms with E-state index in [0.717, 1.165) is 22.0 Å². The minimum absolute atomic E-state index is 0.184. The van der Waals surface area contributed by atoms with Crippen LogP contribution >= 0.6 is 34.9 Å².